The Balaban J connectivity index is 2.05. The summed E-state index contributed by atoms with van der Waals surface area (Å²) < 4.78 is 4.66. The van der Waals surface area contributed by atoms with Gasteiger partial charge in [0.2, 0.25) is 0 Å². The van der Waals surface area contributed by atoms with Gasteiger partial charge in [-0.3, -0.25) is 9.79 Å². The smallest absolute Gasteiger partial charge is 0.293 e. The molecule has 0 aliphatic carbocycles. The van der Waals surface area contributed by atoms with Gasteiger partial charge in [0.1, 0.15) is 0 Å². The molecule has 0 radical (unpaired) electrons. The van der Waals surface area contributed by atoms with Gasteiger partial charge in [0, 0.05) is 12.1 Å². The maximum atomic E-state index is 9.98. The van der Waals surface area contributed by atoms with Gasteiger partial charge in [0.25, 0.3) is 6.47 Å². The zero-order valence-electron chi connectivity index (χ0n) is 8.48. The average molecular weight is 203 g/mol. The Hall–Kier alpha value is -1.64. The number of benzene rings is 1. The summed E-state index contributed by atoms with van der Waals surface area (Å²) in [6.07, 6.45) is 2.75. The molecule has 3 heteroatoms. The molecule has 0 fully saturated rings. The highest BCUT2D eigenvalue weighted by molar-refractivity contribution is 5.89. The fraction of sp³-hybridized carbons (Fsp3) is 0.333. The van der Waals surface area contributed by atoms with Gasteiger partial charge in [-0.05, 0) is 24.5 Å². The Bertz CT molecular complexity index is 385. The molecule has 0 saturated carbocycles. The van der Waals surface area contributed by atoms with Gasteiger partial charge in [0.05, 0.1) is 12.3 Å². The zero-order chi connectivity index (χ0) is 10.5. The summed E-state index contributed by atoms with van der Waals surface area (Å²) in [6.45, 7) is 0.918. The second kappa shape index (κ2) is 4.73. The van der Waals surface area contributed by atoms with Crippen LogP contribution in [0.4, 0.5) is 5.69 Å². The van der Waals surface area contributed by atoms with E-state index in [1.807, 2.05) is 18.2 Å². The lowest BCUT2D eigenvalue weighted by molar-refractivity contribution is -0.128. The zero-order valence-corrected chi connectivity index (χ0v) is 8.48. The van der Waals surface area contributed by atoms with E-state index in [-0.39, 0.29) is 0 Å². The molecule has 15 heavy (non-hydrogen) atoms. The monoisotopic (exact) mass is 203 g/mol. The second-order valence-electron chi connectivity index (χ2n) is 3.52. The van der Waals surface area contributed by atoms with Gasteiger partial charge >= 0.3 is 0 Å². The number of hydrogen-bond donors (Lipinski definition) is 0. The third-order valence-corrected chi connectivity index (χ3v) is 2.53. The number of nitrogens with zero attached hydrogens (tertiary/aromatic N) is 1. The van der Waals surface area contributed by atoms with Crippen molar-refractivity contribution >= 4 is 17.9 Å². The number of hydrogen-bond acceptors (Lipinski definition) is 3. The molecule has 0 aromatic heterocycles. The predicted molar refractivity (Wildman–Crippen MR) is 58.5 cm³/mol. The van der Waals surface area contributed by atoms with Crippen LogP contribution in [0.5, 0.6) is 0 Å². The van der Waals surface area contributed by atoms with Crippen LogP contribution in [-0.4, -0.2) is 18.8 Å². The van der Waals surface area contributed by atoms with Gasteiger partial charge in [-0.15, -0.1) is 0 Å². The number of ether oxygens (including phenoxy) is 1. The number of aryl methyl sites for hydroxylation is 1. The standard InChI is InChI=1S/C12H13NO2/c14-9-15-8-7-11-6-5-10-3-1-2-4-12(10)13-11/h1-4,9H,5-8H2. The Morgan fingerprint density at radius 1 is 1.33 bits per heavy atom. The van der Waals surface area contributed by atoms with Crippen molar-refractivity contribution in [2.45, 2.75) is 19.3 Å². The maximum absolute atomic E-state index is 9.98. The third-order valence-electron chi connectivity index (χ3n) is 2.53. The molecular weight excluding hydrogens is 190 g/mol. The molecule has 1 aliphatic heterocycles. The molecule has 2 rings (SSSR count). The molecule has 0 atom stereocenters. The summed E-state index contributed by atoms with van der Waals surface area (Å²) in [4.78, 5) is 14.5. The number of carbonyl (C=O) groups is 1. The summed E-state index contributed by atoms with van der Waals surface area (Å²) >= 11 is 0. The van der Waals surface area contributed by atoms with Crippen LogP contribution in [0.1, 0.15) is 18.4 Å². The van der Waals surface area contributed by atoms with Gasteiger partial charge < -0.3 is 4.74 Å². The first-order valence-corrected chi connectivity index (χ1v) is 5.10. The van der Waals surface area contributed by atoms with Crippen LogP contribution >= 0.6 is 0 Å². The minimum atomic E-state index is 0.435. The molecule has 0 spiro atoms. The number of carbonyl (C=O) groups excluding carboxylic acids is 1. The van der Waals surface area contributed by atoms with E-state index >= 15 is 0 Å². The average Bonchev–Trinajstić information content (AvgIpc) is 2.29. The van der Waals surface area contributed by atoms with Crippen molar-refractivity contribution in [3.8, 4) is 0 Å². The van der Waals surface area contributed by atoms with Crippen molar-refractivity contribution in [1.82, 2.24) is 0 Å². The van der Waals surface area contributed by atoms with E-state index in [0.717, 1.165) is 30.7 Å². The van der Waals surface area contributed by atoms with Crippen LogP contribution in [0.15, 0.2) is 29.3 Å². The first-order valence-electron chi connectivity index (χ1n) is 5.10. The quantitative estimate of drug-likeness (QED) is 0.556. The van der Waals surface area contributed by atoms with E-state index in [1.54, 1.807) is 0 Å². The fourth-order valence-corrected chi connectivity index (χ4v) is 1.74. The molecule has 1 heterocycles. The molecule has 78 valence electrons. The largest absolute Gasteiger partial charge is 0.467 e. The van der Waals surface area contributed by atoms with Crippen LogP contribution in [-0.2, 0) is 16.0 Å². The molecular formula is C12H13NO2. The van der Waals surface area contributed by atoms with Gasteiger partial charge in [-0.1, -0.05) is 18.2 Å². The Morgan fingerprint density at radius 3 is 3.07 bits per heavy atom. The molecule has 0 bridgehead atoms. The minimum Gasteiger partial charge on any atom is -0.467 e. The van der Waals surface area contributed by atoms with E-state index in [2.05, 4.69) is 15.8 Å². The second-order valence-corrected chi connectivity index (χ2v) is 3.52. The van der Waals surface area contributed by atoms with Crippen molar-refractivity contribution in [3.63, 3.8) is 0 Å². The number of fused-ring (bicyclic) bond motifs is 1. The Morgan fingerprint density at radius 2 is 2.20 bits per heavy atom. The predicted octanol–water partition coefficient (Wildman–Crippen LogP) is 2.27. The molecule has 1 aromatic carbocycles. The van der Waals surface area contributed by atoms with Crippen LogP contribution in [0, 0.1) is 0 Å². The summed E-state index contributed by atoms with van der Waals surface area (Å²) in [5, 5.41) is 0. The van der Waals surface area contributed by atoms with Crippen LogP contribution < -0.4 is 0 Å². The molecule has 0 unspecified atom stereocenters. The fourth-order valence-electron chi connectivity index (χ4n) is 1.74. The number of para-hydroxylation sites is 1. The lowest BCUT2D eigenvalue weighted by Gasteiger charge is -2.14. The molecule has 0 amide bonds. The van der Waals surface area contributed by atoms with E-state index in [0.29, 0.717) is 13.1 Å². The van der Waals surface area contributed by atoms with E-state index < -0.39 is 0 Å². The van der Waals surface area contributed by atoms with E-state index in [4.69, 9.17) is 0 Å². The first kappa shape index (κ1) is 9.90. The Kier molecular flexibility index (Phi) is 3.12. The lowest BCUT2D eigenvalue weighted by Crippen LogP contribution is -2.08. The van der Waals surface area contributed by atoms with Crippen molar-refractivity contribution in [2.24, 2.45) is 4.99 Å². The molecule has 1 aromatic rings. The van der Waals surface area contributed by atoms with E-state index in [1.165, 1.54) is 5.56 Å². The summed E-state index contributed by atoms with van der Waals surface area (Å²) in [5.41, 5.74) is 3.48. The molecule has 1 aliphatic rings. The van der Waals surface area contributed by atoms with Gasteiger partial charge in [0.15, 0.2) is 0 Å². The van der Waals surface area contributed by atoms with Gasteiger partial charge in [-0.25, -0.2) is 0 Å². The highest BCUT2D eigenvalue weighted by Gasteiger charge is 2.10. The van der Waals surface area contributed by atoms with Crippen molar-refractivity contribution < 1.29 is 9.53 Å². The number of aliphatic imine (C=N–C) groups is 1. The molecule has 0 N–H and O–H groups in total. The van der Waals surface area contributed by atoms with E-state index in [9.17, 15) is 4.79 Å². The normalized spacial score (nSPS) is 14.0. The summed E-state index contributed by atoms with van der Waals surface area (Å²) in [5.74, 6) is 0. The third kappa shape index (κ3) is 2.43. The minimum absolute atomic E-state index is 0.435. The van der Waals surface area contributed by atoms with Gasteiger partial charge in [-0.2, -0.15) is 0 Å². The van der Waals surface area contributed by atoms with Crippen LogP contribution in [0.25, 0.3) is 0 Å². The summed E-state index contributed by atoms with van der Waals surface area (Å²) in [6, 6.07) is 8.16. The Labute approximate surface area is 88.8 Å². The van der Waals surface area contributed by atoms with Crippen molar-refractivity contribution in [3.05, 3.63) is 29.8 Å². The lowest BCUT2D eigenvalue weighted by atomic mass is 10.0. The summed E-state index contributed by atoms with van der Waals surface area (Å²) in [7, 11) is 0. The van der Waals surface area contributed by atoms with Crippen molar-refractivity contribution in [1.29, 1.82) is 0 Å². The highest BCUT2D eigenvalue weighted by Crippen LogP contribution is 2.25. The maximum Gasteiger partial charge on any atom is 0.293 e. The van der Waals surface area contributed by atoms with Crippen LogP contribution in [0.2, 0.25) is 0 Å². The topological polar surface area (TPSA) is 38.7 Å². The molecule has 0 saturated heterocycles. The highest BCUT2D eigenvalue weighted by atomic mass is 16.5. The molecule has 3 nitrogen and oxygen atoms in total. The van der Waals surface area contributed by atoms with Crippen LogP contribution in [0.3, 0.4) is 0 Å². The van der Waals surface area contributed by atoms with Crippen molar-refractivity contribution in [2.75, 3.05) is 6.61 Å². The first-order chi connectivity index (χ1) is 7.40. The SMILES string of the molecule is O=COCCC1=Nc2ccccc2CC1. The number of rotatable bonds is 4.